The molecule has 0 aliphatic rings. The quantitative estimate of drug-likeness (QED) is 0.478. The van der Waals surface area contributed by atoms with E-state index in [0.29, 0.717) is 5.78 Å². The van der Waals surface area contributed by atoms with Crippen LogP contribution in [0.3, 0.4) is 0 Å². The monoisotopic (exact) mass is 212 g/mol. The van der Waals surface area contributed by atoms with Crippen LogP contribution in [0.2, 0.25) is 0 Å². The summed E-state index contributed by atoms with van der Waals surface area (Å²) in [4.78, 5) is 10.7. The summed E-state index contributed by atoms with van der Waals surface area (Å²) in [5.41, 5.74) is 0. The second kappa shape index (κ2) is 10.2. The van der Waals surface area contributed by atoms with Gasteiger partial charge in [0.15, 0.2) is 0 Å². The van der Waals surface area contributed by atoms with Crippen molar-refractivity contribution in [3.8, 4) is 0 Å². The molecule has 0 fully saturated rings. The molecule has 0 rings (SSSR count). The smallest absolute Gasteiger partial charge is 0.129 e. The number of hydrogen-bond acceptors (Lipinski definition) is 1. The van der Waals surface area contributed by atoms with Gasteiger partial charge in [-0.2, -0.15) is 0 Å². The molecule has 0 spiro atoms. The molecule has 0 aromatic carbocycles. The molecule has 0 radical (unpaired) electrons. The molecular formula is C14H28O. The second-order valence-corrected chi connectivity index (χ2v) is 4.88. The van der Waals surface area contributed by atoms with Crippen molar-refractivity contribution in [2.75, 3.05) is 0 Å². The van der Waals surface area contributed by atoms with Crippen LogP contribution in [0.5, 0.6) is 0 Å². The Morgan fingerprint density at radius 2 is 1.53 bits per heavy atom. The molecule has 0 amide bonds. The second-order valence-electron chi connectivity index (χ2n) is 4.88. The Bertz CT molecular complexity index is 151. The molecule has 0 aliphatic carbocycles. The van der Waals surface area contributed by atoms with Gasteiger partial charge in [-0.25, -0.2) is 0 Å². The SMILES string of the molecule is CCC(C)CCCCCCCCC(C)=O. The molecule has 1 heteroatoms. The highest BCUT2D eigenvalue weighted by molar-refractivity contribution is 5.75. The predicted molar refractivity (Wildman–Crippen MR) is 67.1 cm³/mol. The van der Waals surface area contributed by atoms with Crippen LogP contribution in [-0.4, -0.2) is 5.78 Å². The molecule has 1 nitrogen and oxygen atoms in total. The van der Waals surface area contributed by atoms with E-state index in [4.69, 9.17) is 0 Å². The van der Waals surface area contributed by atoms with Crippen molar-refractivity contribution in [2.45, 2.75) is 78.6 Å². The van der Waals surface area contributed by atoms with Crippen molar-refractivity contribution in [3.63, 3.8) is 0 Å². The molecule has 0 aromatic heterocycles. The molecule has 0 heterocycles. The Balaban J connectivity index is 3.02. The number of carbonyl (C=O) groups excluding carboxylic acids is 1. The lowest BCUT2D eigenvalue weighted by Gasteiger charge is -2.07. The maximum atomic E-state index is 10.7. The first-order valence-electron chi connectivity index (χ1n) is 6.66. The normalized spacial score (nSPS) is 12.7. The average Bonchev–Trinajstić information content (AvgIpc) is 2.21. The molecule has 0 saturated carbocycles. The lowest BCUT2D eigenvalue weighted by Crippen LogP contribution is -1.92. The molecule has 0 N–H and O–H groups in total. The number of ketones is 1. The minimum Gasteiger partial charge on any atom is -0.300 e. The van der Waals surface area contributed by atoms with Crippen LogP contribution in [0.1, 0.15) is 78.6 Å². The molecule has 90 valence electrons. The van der Waals surface area contributed by atoms with Crippen LogP contribution < -0.4 is 0 Å². The topological polar surface area (TPSA) is 17.1 Å². The summed E-state index contributed by atoms with van der Waals surface area (Å²) in [6.45, 7) is 6.30. The van der Waals surface area contributed by atoms with Crippen LogP contribution in [-0.2, 0) is 4.79 Å². The van der Waals surface area contributed by atoms with Crippen molar-refractivity contribution in [1.29, 1.82) is 0 Å². The van der Waals surface area contributed by atoms with Crippen LogP contribution in [0, 0.1) is 5.92 Å². The van der Waals surface area contributed by atoms with E-state index >= 15 is 0 Å². The van der Waals surface area contributed by atoms with Crippen LogP contribution in [0.4, 0.5) is 0 Å². The molecular weight excluding hydrogens is 184 g/mol. The fourth-order valence-electron chi connectivity index (χ4n) is 1.78. The molecule has 0 saturated heterocycles. The van der Waals surface area contributed by atoms with Gasteiger partial charge in [0.05, 0.1) is 0 Å². The number of Topliss-reactive ketones (excluding diaryl/α,β-unsaturated/α-hetero) is 1. The van der Waals surface area contributed by atoms with Gasteiger partial charge in [-0.3, -0.25) is 0 Å². The van der Waals surface area contributed by atoms with Crippen molar-refractivity contribution in [2.24, 2.45) is 5.92 Å². The van der Waals surface area contributed by atoms with E-state index in [-0.39, 0.29) is 0 Å². The Kier molecular flexibility index (Phi) is 9.97. The van der Waals surface area contributed by atoms with E-state index < -0.39 is 0 Å². The van der Waals surface area contributed by atoms with Gasteiger partial charge in [0.1, 0.15) is 5.78 Å². The van der Waals surface area contributed by atoms with Crippen LogP contribution in [0.15, 0.2) is 0 Å². The molecule has 0 aliphatic heterocycles. The summed E-state index contributed by atoms with van der Waals surface area (Å²) in [6.07, 6.45) is 11.3. The first-order valence-corrected chi connectivity index (χ1v) is 6.66. The lowest BCUT2D eigenvalue weighted by molar-refractivity contribution is -0.117. The zero-order valence-electron chi connectivity index (χ0n) is 10.8. The fourth-order valence-corrected chi connectivity index (χ4v) is 1.78. The first kappa shape index (κ1) is 14.7. The summed E-state index contributed by atoms with van der Waals surface area (Å²) in [5, 5.41) is 0. The van der Waals surface area contributed by atoms with Crippen molar-refractivity contribution in [3.05, 3.63) is 0 Å². The van der Waals surface area contributed by atoms with E-state index in [2.05, 4.69) is 13.8 Å². The van der Waals surface area contributed by atoms with E-state index in [1.165, 1.54) is 44.9 Å². The van der Waals surface area contributed by atoms with Crippen LogP contribution in [0.25, 0.3) is 0 Å². The number of hydrogen-bond donors (Lipinski definition) is 0. The molecule has 1 unspecified atom stereocenters. The average molecular weight is 212 g/mol. The van der Waals surface area contributed by atoms with Crippen LogP contribution >= 0.6 is 0 Å². The summed E-state index contributed by atoms with van der Waals surface area (Å²) in [6, 6.07) is 0. The van der Waals surface area contributed by atoms with Gasteiger partial charge in [-0.15, -0.1) is 0 Å². The Morgan fingerprint density at radius 1 is 1.00 bits per heavy atom. The third kappa shape index (κ3) is 11.6. The van der Waals surface area contributed by atoms with Crippen molar-refractivity contribution < 1.29 is 4.79 Å². The largest absolute Gasteiger partial charge is 0.300 e. The van der Waals surface area contributed by atoms with Gasteiger partial charge in [0.25, 0.3) is 0 Å². The maximum absolute atomic E-state index is 10.7. The van der Waals surface area contributed by atoms with Gasteiger partial charge in [0.2, 0.25) is 0 Å². The minimum absolute atomic E-state index is 0.340. The summed E-state index contributed by atoms with van der Waals surface area (Å²) in [7, 11) is 0. The molecule has 0 bridgehead atoms. The standard InChI is InChI=1S/C14H28O/c1-4-13(2)11-9-7-5-6-8-10-12-14(3)15/h13H,4-12H2,1-3H3. The molecule has 1 atom stereocenters. The Labute approximate surface area is 95.6 Å². The van der Waals surface area contributed by atoms with E-state index in [0.717, 1.165) is 18.8 Å². The third-order valence-corrected chi connectivity index (χ3v) is 3.17. The highest BCUT2D eigenvalue weighted by atomic mass is 16.1. The highest BCUT2D eigenvalue weighted by Crippen LogP contribution is 2.14. The van der Waals surface area contributed by atoms with Crippen molar-refractivity contribution >= 4 is 5.78 Å². The predicted octanol–water partition coefficient (Wildman–Crippen LogP) is 4.74. The number of rotatable bonds is 10. The number of carbonyl (C=O) groups is 1. The number of unbranched alkanes of at least 4 members (excludes halogenated alkanes) is 5. The lowest BCUT2D eigenvalue weighted by atomic mass is 10.00. The Morgan fingerprint density at radius 3 is 2.07 bits per heavy atom. The third-order valence-electron chi connectivity index (χ3n) is 3.17. The summed E-state index contributed by atoms with van der Waals surface area (Å²) >= 11 is 0. The van der Waals surface area contributed by atoms with Gasteiger partial charge >= 0.3 is 0 Å². The van der Waals surface area contributed by atoms with Gasteiger partial charge in [0, 0.05) is 6.42 Å². The van der Waals surface area contributed by atoms with E-state index in [9.17, 15) is 4.79 Å². The van der Waals surface area contributed by atoms with Gasteiger partial charge < -0.3 is 4.79 Å². The van der Waals surface area contributed by atoms with Crippen molar-refractivity contribution in [1.82, 2.24) is 0 Å². The minimum atomic E-state index is 0.340. The Hall–Kier alpha value is -0.330. The first-order chi connectivity index (χ1) is 7.16. The molecule has 15 heavy (non-hydrogen) atoms. The zero-order chi connectivity index (χ0) is 11.5. The summed E-state index contributed by atoms with van der Waals surface area (Å²) < 4.78 is 0. The molecule has 0 aromatic rings. The maximum Gasteiger partial charge on any atom is 0.129 e. The summed E-state index contributed by atoms with van der Waals surface area (Å²) in [5.74, 6) is 1.24. The zero-order valence-corrected chi connectivity index (χ0v) is 10.8. The van der Waals surface area contributed by atoms with Gasteiger partial charge in [-0.05, 0) is 19.3 Å². The fraction of sp³-hybridized carbons (Fsp3) is 0.929. The van der Waals surface area contributed by atoms with E-state index in [1.807, 2.05) is 0 Å². The van der Waals surface area contributed by atoms with E-state index in [1.54, 1.807) is 6.92 Å². The highest BCUT2D eigenvalue weighted by Gasteiger charge is 1.98. The van der Waals surface area contributed by atoms with Gasteiger partial charge in [-0.1, -0.05) is 58.8 Å².